The number of carbonyl (C=O) groups excluding carboxylic acids is 1. The molecular formula is C9H8ClNO3. The van der Waals surface area contributed by atoms with E-state index in [1.165, 1.54) is 0 Å². The summed E-state index contributed by atoms with van der Waals surface area (Å²) in [5.74, 6) is 0. The highest BCUT2D eigenvalue weighted by Gasteiger charge is 2.02. The molecular weight excluding hydrogens is 206 g/mol. The van der Waals surface area contributed by atoms with Crippen molar-refractivity contribution in [3.05, 3.63) is 35.4 Å². The van der Waals surface area contributed by atoms with Crippen molar-refractivity contribution in [3.63, 3.8) is 0 Å². The molecule has 1 rings (SSSR count). The Labute approximate surface area is 85.5 Å². The Morgan fingerprint density at radius 3 is 2.71 bits per heavy atom. The summed E-state index contributed by atoms with van der Waals surface area (Å²) in [6.07, 6.45) is -1.10. The van der Waals surface area contributed by atoms with Crippen LogP contribution in [0.1, 0.15) is 15.9 Å². The molecule has 0 saturated carbocycles. The highest BCUT2D eigenvalue weighted by molar-refractivity contribution is 6.67. The third kappa shape index (κ3) is 3.06. The molecule has 1 aromatic carbocycles. The molecule has 0 aromatic heterocycles. The molecule has 0 atom stereocenters. The zero-order chi connectivity index (χ0) is 10.6. The average molecular weight is 214 g/mol. The Bertz CT molecular complexity index is 365. The molecule has 74 valence electrons. The average Bonchev–Trinajstić information content (AvgIpc) is 2.15. The van der Waals surface area contributed by atoms with Gasteiger partial charge in [-0.3, -0.25) is 4.79 Å². The lowest BCUT2D eigenvalue weighted by Crippen LogP contribution is -2.19. The van der Waals surface area contributed by atoms with E-state index < -0.39 is 11.3 Å². The molecule has 0 aliphatic heterocycles. The van der Waals surface area contributed by atoms with Crippen LogP contribution in [0.25, 0.3) is 0 Å². The number of hydrogen-bond donors (Lipinski definition) is 2. The maximum absolute atomic E-state index is 10.8. The van der Waals surface area contributed by atoms with Crippen molar-refractivity contribution in [2.24, 2.45) is 0 Å². The van der Waals surface area contributed by atoms with Gasteiger partial charge in [0.1, 0.15) is 0 Å². The van der Waals surface area contributed by atoms with E-state index in [2.05, 4.69) is 5.32 Å². The molecule has 0 radical (unpaired) electrons. The standard InChI is InChI=1S/C9H8ClNO3/c10-8(12)7-3-1-2-6(4-7)5-11-9(13)14/h1-4,11H,5H2,(H,13,14). The van der Waals surface area contributed by atoms with Gasteiger partial charge in [0.05, 0.1) is 0 Å². The number of nitrogens with one attached hydrogen (secondary N) is 1. The summed E-state index contributed by atoms with van der Waals surface area (Å²) in [6.45, 7) is 0.160. The molecule has 14 heavy (non-hydrogen) atoms. The minimum Gasteiger partial charge on any atom is -0.465 e. The molecule has 2 N–H and O–H groups in total. The molecule has 4 nitrogen and oxygen atoms in total. The van der Waals surface area contributed by atoms with Crippen LogP contribution in [0.3, 0.4) is 0 Å². The van der Waals surface area contributed by atoms with Crippen molar-refractivity contribution in [1.82, 2.24) is 5.32 Å². The fourth-order valence-electron chi connectivity index (χ4n) is 0.981. The highest BCUT2D eigenvalue weighted by Crippen LogP contribution is 2.07. The topological polar surface area (TPSA) is 66.4 Å². The molecule has 0 heterocycles. The van der Waals surface area contributed by atoms with Gasteiger partial charge in [0.2, 0.25) is 0 Å². The Morgan fingerprint density at radius 1 is 1.43 bits per heavy atom. The predicted octanol–water partition coefficient (Wildman–Crippen LogP) is 1.83. The highest BCUT2D eigenvalue weighted by atomic mass is 35.5. The molecule has 1 amide bonds. The second kappa shape index (κ2) is 4.62. The first-order chi connectivity index (χ1) is 6.59. The van der Waals surface area contributed by atoms with Crippen LogP contribution < -0.4 is 5.32 Å². The monoisotopic (exact) mass is 213 g/mol. The second-order valence-corrected chi connectivity index (χ2v) is 2.98. The number of benzene rings is 1. The lowest BCUT2D eigenvalue weighted by Gasteiger charge is -2.02. The molecule has 0 fully saturated rings. The van der Waals surface area contributed by atoms with Gasteiger partial charge in [0, 0.05) is 12.1 Å². The van der Waals surface area contributed by atoms with E-state index in [1.807, 2.05) is 0 Å². The second-order valence-electron chi connectivity index (χ2n) is 2.63. The number of amides is 1. The largest absolute Gasteiger partial charge is 0.465 e. The van der Waals surface area contributed by atoms with Crippen molar-refractivity contribution in [1.29, 1.82) is 0 Å². The first-order valence-electron chi connectivity index (χ1n) is 3.85. The van der Waals surface area contributed by atoms with Crippen LogP contribution in [0.4, 0.5) is 4.79 Å². The van der Waals surface area contributed by atoms with Crippen molar-refractivity contribution in [2.75, 3.05) is 0 Å². The van der Waals surface area contributed by atoms with E-state index in [1.54, 1.807) is 24.3 Å². The number of hydrogen-bond acceptors (Lipinski definition) is 2. The zero-order valence-corrected chi connectivity index (χ0v) is 7.91. The van der Waals surface area contributed by atoms with Gasteiger partial charge in [-0.15, -0.1) is 0 Å². The number of carbonyl (C=O) groups is 2. The minimum atomic E-state index is -1.10. The van der Waals surface area contributed by atoms with Crippen molar-refractivity contribution in [2.45, 2.75) is 6.54 Å². The van der Waals surface area contributed by atoms with Gasteiger partial charge in [-0.25, -0.2) is 4.79 Å². The maximum Gasteiger partial charge on any atom is 0.404 e. The summed E-state index contributed by atoms with van der Waals surface area (Å²) in [6, 6.07) is 6.47. The Kier molecular flexibility index (Phi) is 3.48. The first-order valence-corrected chi connectivity index (χ1v) is 4.23. The van der Waals surface area contributed by atoms with Crippen LogP contribution in [-0.4, -0.2) is 16.4 Å². The molecule has 0 spiro atoms. The maximum atomic E-state index is 10.8. The molecule has 0 unspecified atom stereocenters. The Morgan fingerprint density at radius 2 is 2.14 bits per heavy atom. The van der Waals surface area contributed by atoms with Crippen LogP contribution in [0, 0.1) is 0 Å². The quantitative estimate of drug-likeness (QED) is 0.753. The van der Waals surface area contributed by atoms with Gasteiger partial charge in [-0.1, -0.05) is 18.2 Å². The van der Waals surface area contributed by atoms with Crippen molar-refractivity contribution >= 4 is 22.9 Å². The van der Waals surface area contributed by atoms with Crippen molar-refractivity contribution in [3.8, 4) is 0 Å². The lowest BCUT2D eigenvalue weighted by molar-refractivity contribution is 0.108. The minimum absolute atomic E-state index is 0.160. The van der Waals surface area contributed by atoms with Crippen LogP contribution in [0.2, 0.25) is 0 Å². The Hall–Kier alpha value is -1.55. The SMILES string of the molecule is O=C(O)NCc1cccc(C(=O)Cl)c1. The molecule has 0 aliphatic carbocycles. The van der Waals surface area contributed by atoms with Crippen molar-refractivity contribution < 1.29 is 14.7 Å². The predicted molar refractivity (Wildman–Crippen MR) is 51.5 cm³/mol. The summed E-state index contributed by atoms with van der Waals surface area (Å²) in [5, 5.41) is 9.99. The number of rotatable bonds is 3. The van der Waals surface area contributed by atoms with Gasteiger partial charge >= 0.3 is 6.09 Å². The summed E-state index contributed by atoms with van der Waals surface area (Å²) in [4.78, 5) is 21.0. The van der Waals surface area contributed by atoms with E-state index >= 15 is 0 Å². The van der Waals surface area contributed by atoms with Crippen LogP contribution in [0.5, 0.6) is 0 Å². The van der Waals surface area contributed by atoms with E-state index in [4.69, 9.17) is 16.7 Å². The first kappa shape index (κ1) is 10.5. The van der Waals surface area contributed by atoms with Gasteiger partial charge < -0.3 is 10.4 Å². The van der Waals surface area contributed by atoms with E-state index in [0.717, 1.165) is 0 Å². The molecule has 0 bridgehead atoms. The lowest BCUT2D eigenvalue weighted by atomic mass is 10.1. The summed E-state index contributed by atoms with van der Waals surface area (Å²) < 4.78 is 0. The third-order valence-corrected chi connectivity index (χ3v) is 1.82. The molecule has 0 aliphatic rings. The number of carboxylic acid groups (broad SMARTS) is 1. The third-order valence-electron chi connectivity index (χ3n) is 1.60. The molecule has 0 saturated heterocycles. The zero-order valence-electron chi connectivity index (χ0n) is 7.16. The molecule has 5 heteroatoms. The van der Waals surface area contributed by atoms with Crippen LogP contribution >= 0.6 is 11.6 Å². The van der Waals surface area contributed by atoms with E-state index in [0.29, 0.717) is 11.1 Å². The van der Waals surface area contributed by atoms with Gasteiger partial charge in [-0.2, -0.15) is 0 Å². The van der Waals surface area contributed by atoms with E-state index in [9.17, 15) is 9.59 Å². The summed E-state index contributed by atoms with van der Waals surface area (Å²) >= 11 is 5.26. The van der Waals surface area contributed by atoms with Gasteiger partial charge in [0.15, 0.2) is 0 Å². The Balaban J connectivity index is 2.73. The summed E-state index contributed by atoms with van der Waals surface area (Å²) in [5.41, 5.74) is 1.05. The number of halogens is 1. The van der Waals surface area contributed by atoms with Gasteiger partial charge in [0.25, 0.3) is 5.24 Å². The smallest absolute Gasteiger partial charge is 0.404 e. The van der Waals surface area contributed by atoms with Crippen LogP contribution in [0.15, 0.2) is 24.3 Å². The summed E-state index contributed by atoms with van der Waals surface area (Å²) in [7, 11) is 0. The van der Waals surface area contributed by atoms with Crippen LogP contribution in [-0.2, 0) is 6.54 Å². The molecule has 1 aromatic rings. The normalized spacial score (nSPS) is 9.50. The van der Waals surface area contributed by atoms with Gasteiger partial charge in [-0.05, 0) is 23.2 Å². The fraction of sp³-hybridized carbons (Fsp3) is 0.111. The van der Waals surface area contributed by atoms with E-state index in [-0.39, 0.29) is 6.54 Å². The fourth-order valence-corrected chi connectivity index (χ4v) is 1.10.